The van der Waals surface area contributed by atoms with Gasteiger partial charge in [-0.2, -0.15) is 4.98 Å². The Morgan fingerprint density at radius 1 is 1.25 bits per heavy atom. The number of nitrogens with zero attached hydrogens (tertiary/aromatic N) is 4. The normalized spacial score (nSPS) is 31.1. The molecule has 16 heavy (non-hydrogen) atoms. The van der Waals surface area contributed by atoms with E-state index in [1.165, 1.54) is 26.2 Å². The third kappa shape index (κ3) is 1.85. The molecule has 0 saturated carbocycles. The lowest BCUT2D eigenvalue weighted by molar-refractivity contribution is 0.262. The highest BCUT2D eigenvalue weighted by Crippen LogP contribution is 2.30. The highest BCUT2D eigenvalue weighted by atomic mass is 16.5. The van der Waals surface area contributed by atoms with Gasteiger partial charge in [0, 0.05) is 33.1 Å². The molecule has 2 aliphatic heterocycles. The summed E-state index contributed by atoms with van der Waals surface area (Å²) in [6, 6.07) is 0. The van der Waals surface area contributed by atoms with E-state index in [1.54, 1.807) is 0 Å². The summed E-state index contributed by atoms with van der Waals surface area (Å²) in [6.45, 7) is 7.53. The maximum Gasteiger partial charge on any atom is 0.223 e. The van der Waals surface area contributed by atoms with Gasteiger partial charge in [-0.15, -0.1) is 0 Å². The average molecular weight is 222 g/mol. The van der Waals surface area contributed by atoms with Gasteiger partial charge in [-0.25, -0.2) is 0 Å². The van der Waals surface area contributed by atoms with Gasteiger partial charge in [-0.3, -0.25) is 4.90 Å². The molecule has 0 bridgehead atoms. The van der Waals surface area contributed by atoms with E-state index in [2.05, 4.69) is 27.0 Å². The molecule has 0 aliphatic carbocycles. The quantitative estimate of drug-likeness (QED) is 0.723. The van der Waals surface area contributed by atoms with E-state index in [-0.39, 0.29) is 0 Å². The molecule has 5 nitrogen and oxygen atoms in total. The molecule has 2 atom stereocenters. The summed E-state index contributed by atoms with van der Waals surface area (Å²) in [5.74, 6) is 3.18. The predicted octanol–water partition coefficient (Wildman–Crippen LogP) is 0.371. The Hall–Kier alpha value is -0.940. The molecule has 2 unspecified atom stereocenters. The first-order chi connectivity index (χ1) is 7.70. The van der Waals surface area contributed by atoms with Gasteiger partial charge in [0.05, 0.1) is 6.54 Å². The molecule has 0 amide bonds. The van der Waals surface area contributed by atoms with Gasteiger partial charge < -0.3 is 9.42 Å². The second-order valence-corrected chi connectivity index (χ2v) is 5.17. The summed E-state index contributed by atoms with van der Waals surface area (Å²) >= 11 is 0. The van der Waals surface area contributed by atoms with Gasteiger partial charge in [0.15, 0.2) is 5.82 Å². The van der Waals surface area contributed by atoms with E-state index in [9.17, 15) is 0 Å². The molecule has 5 heteroatoms. The fourth-order valence-corrected chi connectivity index (χ4v) is 3.06. The van der Waals surface area contributed by atoms with Crippen LogP contribution in [0.5, 0.6) is 0 Å². The lowest BCUT2D eigenvalue weighted by Crippen LogP contribution is -2.26. The van der Waals surface area contributed by atoms with Gasteiger partial charge >= 0.3 is 0 Å². The van der Waals surface area contributed by atoms with Crippen molar-refractivity contribution < 1.29 is 4.52 Å². The molecule has 2 aliphatic rings. The van der Waals surface area contributed by atoms with Crippen molar-refractivity contribution >= 4 is 0 Å². The van der Waals surface area contributed by atoms with Crippen molar-refractivity contribution in [1.29, 1.82) is 0 Å². The molecule has 0 spiro atoms. The molecule has 88 valence electrons. The molecule has 2 saturated heterocycles. The Balaban J connectivity index is 1.59. The zero-order valence-electron chi connectivity index (χ0n) is 9.89. The number of aryl methyl sites for hydroxylation is 1. The van der Waals surface area contributed by atoms with Gasteiger partial charge in [-0.05, 0) is 18.9 Å². The number of rotatable bonds is 2. The number of aromatic nitrogens is 2. The van der Waals surface area contributed by atoms with Gasteiger partial charge in [-0.1, -0.05) is 5.16 Å². The molecule has 3 heterocycles. The maximum absolute atomic E-state index is 4.99. The number of fused-ring (bicyclic) bond motifs is 1. The highest BCUT2D eigenvalue weighted by Gasteiger charge is 2.38. The van der Waals surface area contributed by atoms with E-state index >= 15 is 0 Å². The van der Waals surface area contributed by atoms with Gasteiger partial charge in [0.2, 0.25) is 5.89 Å². The first-order valence-electron chi connectivity index (χ1n) is 5.91. The van der Waals surface area contributed by atoms with Crippen molar-refractivity contribution in [3.05, 3.63) is 11.7 Å². The zero-order valence-corrected chi connectivity index (χ0v) is 9.89. The Labute approximate surface area is 95.4 Å². The Morgan fingerprint density at radius 2 is 1.94 bits per heavy atom. The summed E-state index contributed by atoms with van der Waals surface area (Å²) in [6.07, 6.45) is 0. The Kier molecular flexibility index (Phi) is 2.44. The Morgan fingerprint density at radius 3 is 2.50 bits per heavy atom. The van der Waals surface area contributed by atoms with Crippen LogP contribution in [0, 0.1) is 18.8 Å². The second-order valence-electron chi connectivity index (χ2n) is 5.17. The van der Waals surface area contributed by atoms with E-state index < -0.39 is 0 Å². The van der Waals surface area contributed by atoms with Crippen LogP contribution in [-0.4, -0.2) is 53.2 Å². The lowest BCUT2D eigenvalue weighted by Gasteiger charge is -2.16. The second kappa shape index (κ2) is 3.82. The molecular formula is C11H18N4O. The van der Waals surface area contributed by atoms with E-state index in [1.807, 2.05) is 6.92 Å². The van der Waals surface area contributed by atoms with Crippen molar-refractivity contribution in [1.82, 2.24) is 19.9 Å². The number of hydrogen-bond acceptors (Lipinski definition) is 5. The van der Waals surface area contributed by atoms with E-state index in [0.29, 0.717) is 5.89 Å². The molecule has 0 aromatic carbocycles. The molecule has 1 aromatic heterocycles. The highest BCUT2D eigenvalue weighted by molar-refractivity contribution is 4.94. The van der Waals surface area contributed by atoms with Crippen LogP contribution in [0.3, 0.4) is 0 Å². The lowest BCUT2D eigenvalue weighted by atomic mass is 10.0. The molecule has 0 radical (unpaired) electrons. The maximum atomic E-state index is 4.99. The third-order valence-corrected chi connectivity index (χ3v) is 3.68. The fourth-order valence-electron chi connectivity index (χ4n) is 3.06. The van der Waals surface area contributed by atoms with Crippen LogP contribution in [0.25, 0.3) is 0 Å². The summed E-state index contributed by atoms with van der Waals surface area (Å²) in [4.78, 5) is 9.14. The summed E-state index contributed by atoms with van der Waals surface area (Å²) in [5.41, 5.74) is 0. The predicted molar refractivity (Wildman–Crippen MR) is 58.8 cm³/mol. The van der Waals surface area contributed by atoms with Crippen LogP contribution in [0.15, 0.2) is 4.52 Å². The molecule has 0 N–H and O–H groups in total. The van der Waals surface area contributed by atoms with Crippen molar-refractivity contribution in [2.45, 2.75) is 13.5 Å². The van der Waals surface area contributed by atoms with Gasteiger partial charge in [0.1, 0.15) is 0 Å². The van der Waals surface area contributed by atoms with Crippen molar-refractivity contribution in [3.8, 4) is 0 Å². The van der Waals surface area contributed by atoms with Crippen molar-refractivity contribution in [3.63, 3.8) is 0 Å². The third-order valence-electron chi connectivity index (χ3n) is 3.68. The summed E-state index contributed by atoms with van der Waals surface area (Å²) in [7, 11) is 2.21. The topological polar surface area (TPSA) is 45.4 Å². The van der Waals surface area contributed by atoms with Crippen LogP contribution in [-0.2, 0) is 6.54 Å². The summed E-state index contributed by atoms with van der Waals surface area (Å²) in [5, 5.41) is 3.95. The Bertz CT molecular complexity index is 364. The van der Waals surface area contributed by atoms with Crippen LogP contribution < -0.4 is 0 Å². The van der Waals surface area contributed by atoms with E-state index in [0.717, 1.165) is 24.2 Å². The largest absolute Gasteiger partial charge is 0.340 e. The molecule has 2 fully saturated rings. The van der Waals surface area contributed by atoms with Crippen LogP contribution in [0.1, 0.15) is 11.7 Å². The van der Waals surface area contributed by atoms with Crippen LogP contribution in [0.4, 0.5) is 0 Å². The fraction of sp³-hybridized carbons (Fsp3) is 0.818. The van der Waals surface area contributed by atoms with Gasteiger partial charge in [0.25, 0.3) is 0 Å². The first-order valence-corrected chi connectivity index (χ1v) is 5.91. The minimum atomic E-state index is 0.661. The monoisotopic (exact) mass is 222 g/mol. The summed E-state index contributed by atoms with van der Waals surface area (Å²) < 4.78 is 4.99. The molecule has 3 rings (SSSR count). The minimum absolute atomic E-state index is 0.661. The van der Waals surface area contributed by atoms with Crippen molar-refractivity contribution in [2.75, 3.05) is 33.2 Å². The van der Waals surface area contributed by atoms with Crippen LogP contribution >= 0.6 is 0 Å². The average Bonchev–Trinajstić information content (AvgIpc) is 2.81. The smallest absolute Gasteiger partial charge is 0.223 e. The molecular weight excluding hydrogens is 204 g/mol. The van der Waals surface area contributed by atoms with Crippen molar-refractivity contribution in [2.24, 2.45) is 11.8 Å². The number of hydrogen-bond donors (Lipinski definition) is 0. The van der Waals surface area contributed by atoms with Crippen LogP contribution in [0.2, 0.25) is 0 Å². The SMILES string of the molecule is Cc1nc(CN2CC3CN(C)CC3C2)no1. The zero-order chi connectivity index (χ0) is 11.1. The first kappa shape index (κ1) is 10.2. The number of likely N-dealkylation sites (tertiary alicyclic amines) is 2. The minimum Gasteiger partial charge on any atom is -0.340 e. The van der Waals surface area contributed by atoms with E-state index in [4.69, 9.17) is 4.52 Å². The molecule has 1 aromatic rings. The standard InChI is InChI=1S/C11H18N4O/c1-8-12-11(13-16-8)7-15-5-9-3-14(2)4-10(9)6-15/h9-10H,3-7H2,1-2H3.